The fourth-order valence-electron chi connectivity index (χ4n) is 3.98. The lowest BCUT2D eigenvalue weighted by atomic mass is 10.00. The number of aromatic nitrogens is 1. The van der Waals surface area contributed by atoms with Gasteiger partial charge in [0.05, 0.1) is 5.69 Å². The van der Waals surface area contributed by atoms with E-state index < -0.39 is 0 Å². The first kappa shape index (κ1) is 22.1. The van der Waals surface area contributed by atoms with Crippen LogP contribution in [0.25, 0.3) is 6.08 Å². The Morgan fingerprint density at radius 2 is 1.93 bits per heavy atom. The lowest BCUT2D eigenvalue weighted by molar-refractivity contribution is 0.194. The summed E-state index contributed by atoms with van der Waals surface area (Å²) < 4.78 is 5.32. The zero-order valence-electron chi connectivity index (χ0n) is 18.8. The van der Waals surface area contributed by atoms with Crippen molar-refractivity contribution in [2.75, 3.05) is 45.8 Å². The van der Waals surface area contributed by atoms with E-state index in [0.29, 0.717) is 0 Å². The molecule has 1 N–H and O–H groups in total. The molecule has 1 aliphatic heterocycles. The third-order valence-electron chi connectivity index (χ3n) is 5.58. The van der Waals surface area contributed by atoms with Crippen LogP contribution in [0.3, 0.4) is 0 Å². The maximum absolute atomic E-state index is 5.32. The minimum atomic E-state index is 0.286. The molecule has 0 bridgehead atoms. The molecule has 1 saturated heterocycles. The van der Waals surface area contributed by atoms with Gasteiger partial charge in [-0.3, -0.25) is 9.89 Å². The Morgan fingerprint density at radius 3 is 2.57 bits per heavy atom. The van der Waals surface area contributed by atoms with Crippen LogP contribution in [0, 0.1) is 13.8 Å². The zero-order valence-corrected chi connectivity index (χ0v) is 18.8. The molecule has 0 saturated carbocycles. The first-order valence-corrected chi connectivity index (χ1v) is 11.0. The molecule has 30 heavy (non-hydrogen) atoms. The van der Waals surface area contributed by atoms with Crippen molar-refractivity contribution in [2.24, 2.45) is 4.99 Å². The normalized spacial score (nSPS) is 16.9. The molecule has 1 aliphatic rings. The third-order valence-corrected chi connectivity index (χ3v) is 5.58. The number of nitrogens with one attached hydrogen (secondary N) is 1. The Balaban J connectivity index is 1.52. The van der Waals surface area contributed by atoms with Crippen LogP contribution in [-0.4, -0.2) is 66.7 Å². The van der Waals surface area contributed by atoms with Crippen LogP contribution in [0.4, 0.5) is 0 Å². The van der Waals surface area contributed by atoms with E-state index in [9.17, 15) is 0 Å². The molecule has 1 unspecified atom stereocenters. The molecular formula is C24H35N5O. The molecule has 1 atom stereocenters. The van der Waals surface area contributed by atoms with Gasteiger partial charge in [0.15, 0.2) is 5.96 Å². The molecule has 0 radical (unpaired) electrons. The van der Waals surface area contributed by atoms with Gasteiger partial charge >= 0.3 is 0 Å². The van der Waals surface area contributed by atoms with E-state index in [-0.39, 0.29) is 5.92 Å². The quantitative estimate of drug-likeness (QED) is 0.558. The largest absolute Gasteiger partial charge is 0.361 e. The minimum Gasteiger partial charge on any atom is -0.361 e. The number of hydrogen-bond acceptors (Lipinski definition) is 4. The van der Waals surface area contributed by atoms with Crippen molar-refractivity contribution in [1.82, 2.24) is 20.3 Å². The van der Waals surface area contributed by atoms with Crippen LogP contribution in [-0.2, 0) is 0 Å². The highest BCUT2D eigenvalue weighted by atomic mass is 16.5. The van der Waals surface area contributed by atoms with Crippen LogP contribution in [0.5, 0.6) is 0 Å². The second-order valence-corrected chi connectivity index (χ2v) is 7.93. The molecule has 1 aromatic heterocycles. The van der Waals surface area contributed by atoms with Gasteiger partial charge in [-0.25, -0.2) is 0 Å². The molecule has 162 valence electrons. The van der Waals surface area contributed by atoms with E-state index in [1.165, 1.54) is 11.1 Å². The highest BCUT2D eigenvalue weighted by Gasteiger charge is 2.20. The summed E-state index contributed by atoms with van der Waals surface area (Å²) >= 11 is 0. The Labute approximate surface area is 180 Å². The fraction of sp³-hybridized carbons (Fsp3) is 0.500. The summed E-state index contributed by atoms with van der Waals surface area (Å²) in [6.45, 7) is 15.0. The van der Waals surface area contributed by atoms with E-state index >= 15 is 0 Å². The van der Waals surface area contributed by atoms with Gasteiger partial charge in [0.1, 0.15) is 5.76 Å². The molecule has 1 fully saturated rings. The number of nitrogens with zero attached hydrogens (tertiary/aromatic N) is 4. The van der Waals surface area contributed by atoms with Gasteiger partial charge in [-0.2, -0.15) is 0 Å². The van der Waals surface area contributed by atoms with Gasteiger partial charge in [-0.05, 0) is 26.3 Å². The second-order valence-electron chi connectivity index (χ2n) is 7.93. The van der Waals surface area contributed by atoms with Crippen LogP contribution in [0.1, 0.15) is 42.3 Å². The van der Waals surface area contributed by atoms with Crippen molar-refractivity contribution in [3.63, 3.8) is 0 Å². The summed E-state index contributed by atoms with van der Waals surface area (Å²) in [5.74, 6) is 2.20. The molecule has 2 heterocycles. The number of piperazine rings is 1. The molecular weight excluding hydrogens is 374 g/mol. The van der Waals surface area contributed by atoms with Crippen molar-refractivity contribution in [2.45, 2.75) is 33.6 Å². The van der Waals surface area contributed by atoms with Gasteiger partial charge in [0, 0.05) is 57.3 Å². The Kier molecular flexibility index (Phi) is 8.08. The fourth-order valence-corrected chi connectivity index (χ4v) is 3.98. The Hall–Kier alpha value is -2.60. The molecule has 1 aromatic carbocycles. The summed E-state index contributed by atoms with van der Waals surface area (Å²) in [6, 6.07) is 10.5. The molecule has 0 spiro atoms. The van der Waals surface area contributed by atoms with E-state index in [0.717, 1.165) is 63.2 Å². The number of hydrogen-bond donors (Lipinski definition) is 1. The van der Waals surface area contributed by atoms with Crippen molar-refractivity contribution in [3.8, 4) is 0 Å². The van der Waals surface area contributed by atoms with Crippen molar-refractivity contribution in [1.29, 1.82) is 0 Å². The van der Waals surface area contributed by atoms with Crippen molar-refractivity contribution in [3.05, 3.63) is 59.0 Å². The number of guanidine groups is 1. The number of aryl methyl sites for hydroxylation is 2. The van der Waals surface area contributed by atoms with E-state index in [1.807, 2.05) is 13.8 Å². The SMILES string of the molecule is CCNC(=NCC(C)c1c(C)noc1C)N1CCN(C/C=C/c2ccccc2)CC1. The van der Waals surface area contributed by atoms with Gasteiger partial charge < -0.3 is 14.7 Å². The molecule has 3 rings (SSSR count). The van der Waals surface area contributed by atoms with Crippen LogP contribution < -0.4 is 5.32 Å². The molecule has 0 aliphatic carbocycles. The van der Waals surface area contributed by atoms with Gasteiger partial charge in [-0.1, -0.05) is 54.6 Å². The summed E-state index contributed by atoms with van der Waals surface area (Å²) in [7, 11) is 0. The van der Waals surface area contributed by atoms with E-state index in [2.05, 4.69) is 76.6 Å². The highest BCUT2D eigenvalue weighted by molar-refractivity contribution is 5.80. The average Bonchev–Trinajstić information content (AvgIpc) is 3.10. The second kappa shape index (κ2) is 11.0. The predicted octanol–water partition coefficient (Wildman–Crippen LogP) is 3.69. The maximum atomic E-state index is 5.32. The first-order valence-electron chi connectivity index (χ1n) is 11.0. The first-order chi connectivity index (χ1) is 14.6. The highest BCUT2D eigenvalue weighted by Crippen LogP contribution is 2.23. The summed E-state index contributed by atoms with van der Waals surface area (Å²) in [4.78, 5) is 9.80. The predicted molar refractivity (Wildman–Crippen MR) is 124 cm³/mol. The summed E-state index contributed by atoms with van der Waals surface area (Å²) in [6.07, 6.45) is 4.46. The summed E-state index contributed by atoms with van der Waals surface area (Å²) in [5, 5.41) is 7.55. The standard InChI is InChI=1S/C24H35N5O/c1-5-25-24(26-18-19(2)23-20(3)27-30-21(23)4)29-16-14-28(15-17-29)13-9-12-22-10-7-6-8-11-22/h6-12,19H,5,13-18H2,1-4H3,(H,25,26)/b12-9+. The van der Waals surface area contributed by atoms with Crippen LogP contribution in [0.2, 0.25) is 0 Å². The average molecular weight is 410 g/mol. The van der Waals surface area contributed by atoms with Crippen molar-refractivity contribution >= 4 is 12.0 Å². The monoisotopic (exact) mass is 409 g/mol. The third kappa shape index (κ3) is 5.95. The van der Waals surface area contributed by atoms with Gasteiger partial charge in [-0.15, -0.1) is 0 Å². The zero-order chi connectivity index (χ0) is 21.3. The lowest BCUT2D eigenvalue weighted by Crippen LogP contribution is -2.52. The van der Waals surface area contributed by atoms with E-state index in [1.54, 1.807) is 0 Å². The lowest BCUT2D eigenvalue weighted by Gasteiger charge is -2.36. The molecule has 6 heteroatoms. The van der Waals surface area contributed by atoms with Crippen LogP contribution >= 0.6 is 0 Å². The number of aliphatic imine (C=N–C) groups is 1. The van der Waals surface area contributed by atoms with Crippen molar-refractivity contribution < 1.29 is 4.52 Å². The number of benzene rings is 1. The van der Waals surface area contributed by atoms with Gasteiger partial charge in [0.2, 0.25) is 0 Å². The van der Waals surface area contributed by atoms with Crippen LogP contribution in [0.15, 0.2) is 45.9 Å². The number of rotatable bonds is 7. The molecule has 2 aromatic rings. The van der Waals surface area contributed by atoms with Gasteiger partial charge in [0.25, 0.3) is 0 Å². The minimum absolute atomic E-state index is 0.286. The Morgan fingerprint density at radius 1 is 1.20 bits per heavy atom. The summed E-state index contributed by atoms with van der Waals surface area (Å²) in [5.41, 5.74) is 3.41. The smallest absolute Gasteiger partial charge is 0.194 e. The maximum Gasteiger partial charge on any atom is 0.194 e. The van der Waals surface area contributed by atoms with E-state index in [4.69, 9.17) is 9.52 Å². The molecule has 6 nitrogen and oxygen atoms in total. The molecule has 0 amide bonds. The Bertz CT molecular complexity index is 815. The topological polar surface area (TPSA) is 56.9 Å².